The minimum atomic E-state index is -0.434. The van der Waals surface area contributed by atoms with Crippen molar-refractivity contribution in [2.45, 2.75) is 46.1 Å². The highest BCUT2D eigenvalue weighted by molar-refractivity contribution is 6.24. The van der Waals surface area contributed by atoms with Crippen LogP contribution < -0.4 is 0 Å². The Kier molecular flexibility index (Phi) is 5.63. The highest BCUT2D eigenvalue weighted by atomic mass is 16.5. The molecule has 3 rings (SSSR count). The molecule has 0 saturated heterocycles. The normalized spacial score (nSPS) is 19.8. The number of aromatic nitrogens is 2. The summed E-state index contributed by atoms with van der Waals surface area (Å²) in [7, 11) is 1.29. The fraction of sp³-hybridized carbons (Fsp3) is 0.429. The lowest BCUT2D eigenvalue weighted by Crippen LogP contribution is -2.33. The molecule has 1 fully saturated rings. The lowest BCUT2D eigenvalue weighted by atomic mass is 9.73. The number of fused-ring (bicyclic) bond motifs is 1. The average Bonchev–Trinajstić information content (AvgIpc) is 3.06. The highest BCUT2D eigenvalue weighted by Crippen LogP contribution is 2.36. The number of hydrogen-bond donors (Lipinski definition) is 2. The molecule has 7 nitrogen and oxygen atoms in total. The number of imidazole rings is 1. The summed E-state index contributed by atoms with van der Waals surface area (Å²) in [6.45, 7) is 4.29. The summed E-state index contributed by atoms with van der Waals surface area (Å²) in [6.07, 6.45) is 0.960. The Hall–Kier alpha value is -2.96. The van der Waals surface area contributed by atoms with Crippen LogP contribution in [0.2, 0.25) is 0 Å². The van der Waals surface area contributed by atoms with Crippen LogP contribution in [0, 0.1) is 5.41 Å². The van der Waals surface area contributed by atoms with E-state index in [1.165, 1.54) is 7.11 Å². The first-order chi connectivity index (χ1) is 13.3. The summed E-state index contributed by atoms with van der Waals surface area (Å²) in [6, 6.07) is 7.70. The molecule has 28 heavy (non-hydrogen) atoms. The number of carbonyl (C=O) groups excluding carboxylic acids is 2. The average molecular weight is 383 g/mol. The van der Waals surface area contributed by atoms with Gasteiger partial charge in [-0.2, -0.15) is 0 Å². The van der Waals surface area contributed by atoms with Crippen LogP contribution in [0.25, 0.3) is 11.0 Å². The summed E-state index contributed by atoms with van der Waals surface area (Å²) in [5.41, 5.74) is 2.34. The third-order valence-corrected chi connectivity index (χ3v) is 4.79. The topological polar surface area (TPSA) is 105 Å². The first kappa shape index (κ1) is 19.8. The zero-order valence-corrected chi connectivity index (χ0v) is 16.4. The van der Waals surface area contributed by atoms with Crippen LogP contribution in [0.1, 0.15) is 45.4 Å². The van der Waals surface area contributed by atoms with Gasteiger partial charge in [0.25, 0.3) is 0 Å². The van der Waals surface area contributed by atoms with E-state index in [0.717, 1.165) is 11.0 Å². The lowest BCUT2D eigenvalue weighted by molar-refractivity contribution is -0.140. The fourth-order valence-electron chi connectivity index (χ4n) is 3.45. The van der Waals surface area contributed by atoms with Gasteiger partial charge < -0.3 is 14.8 Å². The summed E-state index contributed by atoms with van der Waals surface area (Å²) >= 11 is 0. The SMILES string of the molecule is COC(=O)CC/C(O)=C1/C(=O)CC(C)(C)CC1=NCc1nc2ccccc2[nH]1. The van der Waals surface area contributed by atoms with Gasteiger partial charge in [0.1, 0.15) is 11.6 Å². The minimum absolute atomic E-state index is 0.0133. The summed E-state index contributed by atoms with van der Waals surface area (Å²) in [5, 5.41) is 10.5. The number of rotatable bonds is 5. The van der Waals surface area contributed by atoms with E-state index in [0.29, 0.717) is 24.4 Å². The molecule has 1 saturated carbocycles. The summed E-state index contributed by atoms with van der Waals surface area (Å²) < 4.78 is 4.61. The number of Topliss-reactive ketones (excluding diaryl/α,β-unsaturated/α-hetero) is 1. The highest BCUT2D eigenvalue weighted by Gasteiger charge is 2.36. The van der Waals surface area contributed by atoms with Crippen LogP contribution in [0.5, 0.6) is 0 Å². The van der Waals surface area contributed by atoms with Crippen molar-refractivity contribution in [3.63, 3.8) is 0 Å². The van der Waals surface area contributed by atoms with Crippen molar-refractivity contribution in [1.82, 2.24) is 9.97 Å². The second-order valence-corrected chi connectivity index (χ2v) is 7.80. The van der Waals surface area contributed by atoms with E-state index in [4.69, 9.17) is 0 Å². The molecule has 2 aromatic rings. The number of nitrogens with zero attached hydrogens (tertiary/aromatic N) is 2. The van der Waals surface area contributed by atoms with Gasteiger partial charge in [0, 0.05) is 12.8 Å². The van der Waals surface area contributed by atoms with E-state index in [-0.39, 0.29) is 41.9 Å². The Morgan fingerprint density at radius 3 is 2.75 bits per heavy atom. The van der Waals surface area contributed by atoms with Gasteiger partial charge in [0.15, 0.2) is 5.78 Å². The number of aliphatic hydroxyl groups is 1. The lowest BCUT2D eigenvalue weighted by Gasteiger charge is -2.31. The largest absolute Gasteiger partial charge is 0.511 e. The number of aliphatic imine (C=N–C) groups is 1. The fourth-order valence-corrected chi connectivity index (χ4v) is 3.45. The monoisotopic (exact) mass is 383 g/mol. The quantitative estimate of drug-likeness (QED) is 0.466. The van der Waals surface area contributed by atoms with Crippen LogP contribution >= 0.6 is 0 Å². The first-order valence-electron chi connectivity index (χ1n) is 9.28. The number of aliphatic hydroxyl groups excluding tert-OH is 1. The predicted octanol–water partition coefficient (Wildman–Crippen LogP) is 3.66. The standard InChI is InChI=1S/C21H25N3O4/c1-21(2)10-15(20(17(26)11-21)16(25)8-9-19(27)28-3)22-12-18-23-13-6-4-5-7-14(13)24-18/h4-7,25H,8-12H2,1-3H3,(H,23,24)/b20-16-,22-15?. The molecule has 0 bridgehead atoms. The second-order valence-electron chi connectivity index (χ2n) is 7.80. The third kappa shape index (κ3) is 4.47. The summed E-state index contributed by atoms with van der Waals surface area (Å²) in [4.78, 5) is 36.4. The molecule has 1 aromatic heterocycles. The van der Waals surface area contributed by atoms with Gasteiger partial charge in [-0.25, -0.2) is 4.98 Å². The van der Waals surface area contributed by atoms with Gasteiger partial charge in [-0.1, -0.05) is 26.0 Å². The van der Waals surface area contributed by atoms with Crippen molar-refractivity contribution >= 4 is 28.5 Å². The van der Waals surface area contributed by atoms with Crippen LogP contribution in [0.4, 0.5) is 0 Å². The number of hydrogen-bond acceptors (Lipinski definition) is 6. The Labute approximate surface area is 163 Å². The zero-order valence-electron chi connectivity index (χ0n) is 16.4. The Morgan fingerprint density at radius 2 is 2.04 bits per heavy atom. The molecule has 0 amide bonds. The number of para-hydroxylation sites is 2. The number of ketones is 1. The van der Waals surface area contributed by atoms with Crippen LogP contribution in [0.3, 0.4) is 0 Å². The van der Waals surface area contributed by atoms with E-state index < -0.39 is 5.97 Å². The number of allylic oxidation sites excluding steroid dienone is 2. The molecular formula is C21H25N3O4. The van der Waals surface area contributed by atoms with E-state index in [9.17, 15) is 14.7 Å². The molecule has 7 heteroatoms. The van der Waals surface area contributed by atoms with E-state index in [1.54, 1.807) is 0 Å². The van der Waals surface area contributed by atoms with Gasteiger partial charge in [-0.05, 0) is 24.0 Å². The zero-order chi connectivity index (χ0) is 20.3. The molecule has 0 atom stereocenters. The van der Waals surface area contributed by atoms with Crippen molar-refractivity contribution in [3.8, 4) is 0 Å². The molecule has 0 radical (unpaired) electrons. The predicted molar refractivity (Wildman–Crippen MR) is 106 cm³/mol. The molecule has 148 valence electrons. The Balaban J connectivity index is 1.89. The third-order valence-electron chi connectivity index (χ3n) is 4.79. The molecule has 0 spiro atoms. The molecule has 1 aliphatic carbocycles. The molecule has 0 aliphatic heterocycles. The summed E-state index contributed by atoms with van der Waals surface area (Å²) in [5.74, 6) is 0.00524. The molecule has 1 aromatic carbocycles. The molecule has 0 unspecified atom stereocenters. The maximum atomic E-state index is 12.7. The van der Waals surface area contributed by atoms with Gasteiger partial charge in [-0.15, -0.1) is 0 Å². The number of benzene rings is 1. The van der Waals surface area contributed by atoms with Crippen molar-refractivity contribution in [2.75, 3.05) is 7.11 Å². The molecule has 1 aliphatic rings. The second kappa shape index (κ2) is 7.96. The van der Waals surface area contributed by atoms with Gasteiger partial charge in [0.05, 0.1) is 42.4 Å². The number of carbonyl (C=O) groups is 2. The number of methoxy groups -OCH3 is 1. The van der Waals surface area contributed by atoms with Crippen molar-refractivity contribution in [3.05, 3.63) is 41.4 Å². The Morgan fingerprint density at radius 1 is 1.29 bits per heavy atom. The van der Waals surface area contributed by atoms with Crippen molar-refractivity contribution < 1.29 is 19.4 Å². The number of aromatic amines is 1. The maximum Gasteiger partial charge on any atom is 0.305 e. The van der Waals surface area contributed by atoms with Gasteiger partial charge >= 0.3 is 5.97 Å². The molecule has 2 N–H and O–H groups in total. The smallest absolute Gasteiger partial charge is 0.305 e. The van der Waals surface area contributed by atoms with Crippen LogP contribution in [-0.4, -0.2) is 39.6 Å². The molecule has 1 heterocycles. The minimum Gasteiger partial charge on any atom is -0.511 e. The first-order valence-corrected chi connectivity index (χ1v) is 9.28. The van der Waals surface area contributed by atoms with E-state index in [2.05, 4.69) is 19.7 Å². The maximum absolute atomic E-state index is 12.7. The van der Waals surface area contributed by atoms with E-state index >= 15 is 0 Å². The number of H-pyrrole nitrogens is 1. The van der Waals surface area contributed by atoms with Gasteiger partial charge in [0.2, 0.25) is 0 Å². The van der Waals surface area contributed by atoms with Crippen molar-refractivity contribution in [1.29, 1.82) is 0 Å². The molecular weight excluding hydrogens is 358 g/mol. The van der Waals surface area contributed by atoms with E-state index in [1.807, 2.05) is 38.1 Å². The number of esters is 1. The number of ether oxygens (including phenoxy) is 1. The van der Waals surface area contributed by atoms with Gasteiger partial charge in [-0.3, -0.25) is 14.6 Å². The van der Waals surface area contributed by atoms with Crippen LogP contribution in [0.15, 0.2) is 40.6 Å². The number of nitrogens with one attached hydrogen (secondary N) is 1. The van der Waals surface area contributed by atoms with Crippen LogP contribution in [-0.2, 0) is 20.9 Å². The van der Waals surface area contributed by atoms with Crippen molar-refractivity contribution in [2.24, 2.45) is 10.4 Å². The Bertz CT molecular complexity index is 936.